The zero-order valence-corrected chi connectivity index (χ0v) is 14.2. The second kappa shape index (κ2) is 5.81. The summed E-state index contributed by atoms with van der Waals surface area (Å²) >= 11 is 3.30. The third kappa shape index (κ3) is 2.26. The molecule has 3 heterocycles. The quantitative estimate of drug-likeness (QED) is 0.603. The topological polar surface area (TPSA) is 52.5 Å². The van der Waals surface area contributed by atoms with Crippen molar-refractivity contribution in [3.05, 3.63) is 52.9 Å². The van der Waals surface area contributed by atoms with Gasteiger partial charge in [-0.15, -0.1) is 22.7 Å². The number of fused-ring (bicyclic) bond motifs is 1. The van der Waals surface area contributed by atoms with E-state index >= 15 is 0 Å². The van der Waals surface area contributed by atoms with Gasteiger partial charge in [-0.3, -0.25) is 4.40 Å². The van der Waals surface area contributed by atoms with Gasteiger partial charge in [0.05, 0.1) is 23.4 Å². The number of imidazole rings is 1. The van der Waals surface area contributed by atoms with Gasteiger partial charge >= 0.3 is 0 Å². The van der Waals surface area contributed by atoms with Crippen molar-refractivity contribution < 1.29 is 4.74 Å². The van der Waals surface area contributed by atoms with Crippen LogP contribution in [0.15, 0.2) is 47.2 Å². The normalized spacial score (nSPS) is 11.2. The standard InChI is InChI=1S/C17H15N3OS2/c1-21-14-6-3-2-5-11(14)13-10-23-17-19-16(12(9-18)20(13)17)15-7-4-8-22-15/h2-8,10H,9,18H2,1H3. The van der Waals surface area contributed by atoms with Crippen LogP contribution in [0.1, 0.15) is 5.69 Å². The van der Waals surface area contributed by atoms with Crippen LogP contribution in [0.5, 0.6) is 5.75 Å². The molecule has 0 saturated carbocycles. The molecule has 0 fully saturated rings. The number of nitrogens with zero attached hydrogens (tertiary/aromatic N) is 2. The maximum Gasteiger partial charge on any atom is 0.195 e. The van der Waals surface area contributed by atoms with Gasteiger partial charge in [0.2, 0.25) is 0 Å². The van der Waals surface area contributed by atoms with Crippen LogP contribution >= 0.6 is 22.7 Å². The monoisotopic (exact) mass is 341 g/mol. The fourth-order valence-corrected chi connectivity index (χ4v) is 4.40. The third-order valence-electron chi connectivity index (χ3n) is 3.79. The summed E-state index contributed by atoms with van der Waals surface area (Å²) in [5, 5.41) is 4.17. The zero-order chi connectivity index (χ0) is 15.8. The van der Waals surface area contributed by atoms with E-state index in [1.807, 2.05) is 24.3 Å². The van der Waals surface area contributed by atoms with Gasteiger partial charge in [-0.25, -0.2) is 4.98 Å². The Morgan fingerprint density at radius 1 is 1.17 bits per heavy atom. The second-order valence-electron chi connectivity index (χ2n) is 5.03. The number of benzene rings is 1. The Bertz CT molecular complexity index is 954. The van der Waals surface area contributed by atoms with Crippen LogP contribution in [0.25, 0.3) is 26.8 Å². The lowest BCUT2D eigenvalue weighted by Gasteiger charge is -2.09. The average Bonchev–Trinajstić information content (AvgIpc) is 3.30. The number of para-hydroxylation sites is 1. The summed E-state index contributed by atoms with van der Waals surface area (Å²) in [4.78, 5) is 6.90. The number of thiophene rings is 1. The fourth-order valence-electron chi connectivity index (χ4n) is 2.76. The summed E-state index contributed by atoms with van der Waals surface area (Å²) in [5.41, 5.74) is 10.2. The Morgan fingerprint density at radius 2 is 2.04 bits per heavy atom. The van der Waals surface area contributed by atoms with E-state index in [-0.39, 0.29) is 0 Å². The van der Waals surface area contributed by atoms with Crippen molar-refractivity contribution in [3.8, 4) is 27.6 Å². The highest BCUT2D eigenvalue weighted by Gasteiger charge is 2.19. The molecule has 0 radical (unpaired) electrons. The van der Waals surface area contributed by atoms with Gasteiger partial charge < -0.3 is 10.5 Å². The van der Waals surface area contributed by atoms with Gasteiger partial charge in [-0.1, -0.05) is 18.2 Å². The highest BCUT2D eigenvalue weighted by Crippen LogP contribution is 2.37. The first kappa shape index (κ1) is 14.4. The van der Waals surface area contributed by atoms with Crippen molar-refractivity contribution in [1.29, 1.82) is 0 Å². The smallest absolute Gasteiger partial charge is 0.195 e. The van der Waals surface area contributed by atoms with Crippen LogP contribution in [0.3, 0.4) is 0 Å². The Balaban J connectivity index is 1.99. The van der Waals surface area contributed by atoms with Crippen LogP contribution in [-0.2, 0) is 6.54 Å². The molecule has 0 amide bonds. The van der Waals surface area contributed by atoms with E-state index in [4.69, 9.17) is 15.5 Å². The van der Waals surface area contributed by atoms with E-state index in [9.17, 15) is 0 Å². The van der Waals surface area contributed by atoms with Crippen LogP contribution in [-0.4, -0.2) is 16.5 Å². The van der Waals surface area contributed by atoms with E-state index in [1.165, 1.54) is 0 Å². The molecule has 0 bridgehead atoms. The van der Waals surface area contributed by atoms with Gasteiger partial charge in [-0.2, -0.15) is 0 Å². The third-order valence-corrected chi connectivity index (χ3v) is 5.49. The van der Waals surface area contributed by atoms with Gasteiger partial charge in [0.1, 0.15) is 11.4 Å². The number of hydrogen-bond acceptors (Lipinski definition) is 5. The summed E-state index contributed by atoms with van der Waals surface area (Å²) in [6, 6.07) is 12.1. The number of hydrogen-bond donors (Lipinski definition) is 1. The first-order chi connectivity index (χ1) is 11.3. The average molecular weight is 341 g/mol. The SMILES string of the molecule is COc1ccccc1-c1csc2nc(-c3cccs3)c(CN)n12. The molecular formula is C17H15N3OS2. The molecule has 4 nitrogen and oxygen atoms in total. The highest BCUT2D eigenvalue weighted by molar-refractivity contribution is 7.15. The molecule has 4 aromatic rings. The Labute approximate surface area is 141 Å². The number of nitrogens with two attached hydrogens (primary N) is 1. The highest BCUT2D eigenvalue weighted by atomic mass is 32.1. The Kier molecular flexibility index (Phi) is 3.65. The molecule has 23 heavy (non-hydrogen) atoms. The van der Waals surface area contributed by atoms with Gasteiger partial charge in [-0.05, 0) is 23.6 Å². The minimum Gasteiger partial charge on any atom is -0.496 e. The minimum absolute atomic E-state index is 0.438. The molecule has 0 unspecified atom stereocenters. The molecule has 4 rings (SSSR count). The second-order valence-corrected chi connectivity index (χ2v) is 6.81. The number of ether oxygens (including phenoxy) is 1. The molecule has 1 aromatic carbocycles. The number of aromatic nitrogens is 2. The Hall–Kier alpha value is -2.15. The minimum atomic E-state index is 0.438. The van der Waals surface area contributed by atoms with Crippen molar-refractivity contribution in [2.45, 2.75) is 6.54 Å². The van der Waals surface area contributed by atoms with Gasteiger partial charge in [0, 0.05) is 17.5 Å². The van der Waals surface area contributed by atoms with Crippen molar-refractivity contribution in [3.63, 3.8) is 0 Å². The first-order valence-corrected chi connectivity index (χ1v) is 8.95. The Morgan fingerprint density at radius 3 is 2.78 bits per heavy atom. The molecule has 0 aliphatic heterocycles. The fraction of sp³-hybridized carbons (Fsp3) is 0.118. The summed E-state index contributed by atoms with van der Waals surface area (Å²) in [5.74, 6) is 0.849. The maximum atomic E-state index is 6.06. The summed E-state index contributed by atoms with van der Waals surface area (Å²) in [6.07, 6.45) is 0. The lowest BCUT2D eigenvalue weighted by molar-refractivity contribution is 0.416. The molecule has 0 aliphatic carbocycles. The van der Waals surface area contributed by atoms with Gasteiger partial charge in [0.25, 0.3) is 0 Å². The molecule has 6 heteroatoms. The lowest BCUT2D eigenvalue weighted by Crippen LogP contribution is -2.03. The number of thiazole rings is 1. The van der Waals surface area contributed by atoms with Crippen LogP contribution < -0.4 is 10.5 Å². The molecule has 0 aliphatic rings. The lowest BCUT2D eigenvalue weighted by atomic mass is 10.1. The van der Waals surface area contributed by atoms with Crippen molar-refractivity contribution in [2.24, 2.45) is 5.73 Å². The molecule has 3 aromatic heterocycles. The predicted octanol–water partition coefficient (Wildman–Crippen LogP) is 4.26. The van der Waals surface area contributed by atoms with E-state index in [0.29, 0.717) is 6.54 Å². The van der Waals surface area contributed by atoms with E-state index in [2.05, 4.69) is 27.3 Å². The van der Waals surface area contributed by atoms with Crippen molar-refractivity contribution in [2.75, 3.05) is 7.11 Å². The van der Waals surface area contributed by atoms with E-state index in [0.717, 1.165) is 38.2 Å². The molecule has 2 N–H and O–H groups in total. The molecule has 116 valence electrons. The zero-order valence-electron chi connectivity index (χ0n) is 12.5. The van der Waals surface area contributed by atoms with E-state index in [1.54, 1.807) is 29.8 Å². The predicted molar refractivity (Wildman–Crippen MR) is 96.3 cm³/mol. The number of rotatable bonds is 4. The molecule has 0 spiro atoms. The summed E-state index contributed by atoms with van der Waals surface area (Å²) in [7, 11) is 1.69. The van der Waals surface area contributed by atoms with Crippen LogP contribution in [0.2, 0.25) is 0 Å². The largest absolute Gasteiger partial charge is 0.496 e. The van der Waals surface area contributed by atoms with Crippen molar-refractivity contribution >= 4 is 27.6 Å². The number of methoxy groups -OCH3 is 1. The van der Waals surface area contributed by atoms with E-state index < -0.39 is 0 Å². The summed E-state index contributed by atoms with van der Waals surface area (Å²) < 4.78 is 7.66. The first-order valence-electron chi connectivity index (χ1n) is 7.19. The summed E-state index contributed by atoms with van der Waals surface area (Å²) in [6.45, 7) is 0.438. The van der Waals surface area contributed by atoms with Gasteiger partial charge in [0.15, 0.2) is 4.96 Å². The van der Waals surface area contributed by atoms with Crippen molar-refractivity contribution in [1.82, 2.24) is 9.38 Å². The molecular weight excluding hydrogens is 326 g/mol. The molecule has 0 atom stereocenters. The van der Waals surface area contributed by atoms with Crippen LogP contribution in [0, 0.1) is 0 Å². The molecule has 0 saturated heterocycles. The maximum absolute atomic E-state index is 6.06. The van der Waals surface area contributed by atoms with Crippen LogP contribution in [0.4, 0.5) is 0 Å².